The van der Waals surface area contributed by atoms with E-state index in [1.807, 2.05) is 37.3 Å². The van der Waals surface area contributed by atoms with Gasteiger partial charge in [-0.15, -0.1) is 0 Å². The van der Waals surface area contributed by atoms with Crippen LogP contribution in [0.5, 0.6) is 0 Å². The van der Waals surface area contributed by atoms with E-state index in [1.54, 1.807) is 22.6 Å². The molecule has 1 amide bonds. The summed E-state index contributed by atoms with van der Waals surface area (Å²) in [5.41, 5.74) is 3.59. The van der Waals surface area contributed by atoms with Gasteiger partial charge in [0.1, 0.15) is 19.0 Å². The van der Waals surface area contributed by atoms with E-state index in [2.05, 4.69) is 0 Å². The zero-order chi connectivity index (χ0) is 23.5. The molecule has 0 unspecified atom stereocenters. The average Bonchev–Trinajstić information content (AvgIpc) is 3.07. The minimum absolute atomic E-state index is 0.0777. The molecule has 0 radical (unpaired) electrons. The summed E-state index contributed by atoms with van der Waals surface area (Å²) in [6, 6.07) is 14.2. The smallest absolute Gasteiger partial charge is 0.410 e. The van der Waals surface area contributed by atoms with Gasteiger partial charge in [-0.05, 0) is 67.9 Å². The SMILES string of the molecule is Cc1c(C2CCC(N(C)C(=O)OCc3ccccc3)CC2)c2cc(F)ccc2n1CC(=O)O. The number of carboxylic acid groups (broad SMARTS) is 1. The number of halogens is 1. The highest BCUT2D eigenvalue weighted by Gasteiger charge is 2.31. The fraction of sp³-hybridized carbons (Fsp3) is 0.385. The Kier molecular flexibility index (Phi) is 6.67. The summed E-state index contributed by atoms with van der Waals surface area (Å²) in [7, 11) is 1.78. The van der Waals surface area contributed by atoms with Crippen molar-refractivity contribution in [2.75, 3.05) is 7.05 Å². The van der Waals surface area contributed by atoms with Crippen LogP contribution in [0.4, 0.5) is 9.18 Å². The second-order valence-electron chi connectivity index (χ2n) is 8.80. The van der Waals surface area contributed by atoms with E-state index >= 15 is 0 Å². The van der Waals surface area contributed by atoms with Crippen molar-refractivity contribution in [3.63, 3.8) is 0 Å². The first-order valence-electron chi connectivity index (χ1n) is 11.3. The van der Waals surface area contributed by atoms with Gasteiger partial charge in [-0.3, -0.25) is 4.79 Å². The number of ether oxygens (including phenoxy) is 1. The largest absolute Gasteiger partial charge is 0.480 e. The number of carbonyl (C=O) groups is 2. The van der Waals surface area contributed by atoms with E-state index in [0.717, 1.165) is 53.4 Å². The van der Waals surface area contributed by atoms with Gasteiger partial charge >= 0.3 is 12.1 Å². The maximum Gasteiger partial charge on any atom is 0.410 e. The number of carbonyl (C=O) groups excluding carboxylic acids is 1. The van der Waals surface area contributed by atoms with Crippen molar-refractivity contribution in [2.45, 2.75) is 57.7 Å². The summed E-state index contributed by atoms with van der Waals surface area (Å²) in [5, 5.41) is 10.1. The third-order valence-corrected chi connectivity index (χ3v) is 6.77. The molecule has 2 aromatic carbocycles. The number of amides is 1. The number of rotatable bonds is 6. The third kappa shape index (κ3) is 4.87. The van der Waals surface area contributed by atoms with Crippen molar-refractivity contribution in [3.05, 3.63) is 71.2 Å². The molecule has 4 rings (SSSR count). The Balaban J connectivity index is 1.45. The topological polar surface area (TPSA) is 71.8 Å². The van der Waals surface area contributed by atoms with Crippen molar-refractivity contribution >= 4 is 23.0 Å². The van der Waals surface area contributed by atoms with Gasteiger partial charge in [0.15, 0.2) is 0 Å². The molecule has 7 heteroatoms. The molecular weight excluding hydrogens is 423 g/mol. The molecule has 6 nitrogen and oxygen atoms in total. The highest BCUT2D eigenvalue weighted by molar-refractivity contribution is 5.87. The second kappa shape index (κ2) is 9.65. The molecule has 1 saturated carbocycles. The molecule has 0 bridgehead atoms. The number of aliphatic carboxylic acids is 1. The Morgan fingerprint density at radius 1 is 1.12 bits per heavy atom. The van der Waals surface area contributed by atoms with Gasteiger partial charge in [-0.2, -0.15) is 0 Å². The van der Waals surface area contributed by atoms with Gasteiger partial charge in [0.2, 0.25) is 0 Å². The van der Waals surface area contributed by atoms with Crippen LogP contribution < -0.4 is 0 Å². The fourth-order valence-corrected chi connectivity index (χ4v) is 5.06. The molecule has 0 spiro atoms. The van der Waals surface area contributed by atoms with E-state index in [1.165, 1.54) is 12.1 Å². The van der Waals surface area contributed by atoms with Crippen LogP contribution in [0.25, 0.3) is 10.9 Å². The van der Waals surface area contributed by atoms with Crippen molar-refractivity contribution < 1.29 is 23.8 Å². The maximum atomic E-state index is 14.1. The van der Waals surface area contributed by atoms with Crippen LogP contribution in [0.1, 0.15) is 48.4 Å². The van der Waals surface area contributed by atoms with Crippen LogP contribution in [-0.4, -0.2) is 39.7 Å². The molecule has 1 fully saturated rings. The zero-order valence-corrected chi connectivity index (χ0v) is 19.0. The van der Waals surface area contributed by atoms with Gasteiger partial charge < -0.3 is 19.3 Å². The number of hydrogen-bond acceptors (Lipinski definition) is 3. The summed E-state index contributed by atoms with van der Waals surface area (Å²) in [6.07, 6.45) is 2.96. The number of benzene rings is 2. The molecule has 1 N–H and O–H groups in total. The number of nitrogens with zero attached hydrogens (tertiary/aromatic N) is 2. The van der Waals surface area contributed by atoms with Crippen LogP contribution in [0.3, 0.4) is 0 Å². The monoisotopic (exact) mass is 452 g/mol. The Morgan fingerprint density at radius 2 is 1.82 bits per heavy atom. The lowest BCUT2D eigenvalue weighted by molar-refractivity contribution is -0.137. The molecule has 33 heavy (non-hydrogen) atoms. The van der Waals surface area contributed by atoms with Crippen molar-refractivity contribution in [2.24, 2.45) is 0 Å². The molecule has 1 aromatic heterocycles. The third-order valence-electron chi connectivity index (χ3n) is 6.77. The summed E-state index contributed by atoms with van der Waals surface area (Å²) >= 11 is 0. The van der Waals surface area contributed by atoms with Gasteiger partial charge in [-0.25, -0.2) is 9.18 Å². The normalized spacial score (nSPS) is 18.3. The maximum absolute atomic E-state index is 14.1. The highest BCUT2D eigenvalue weighted by atomic mass is 19.1. The van der Waals surface area contributed by atoms with E-state index < -0.39 is 5.97 Å². The van der Waals surface area contributed by atoms with E-state index in [4.69, 9.17) is 4.74 Å². The molecule has 1 aliphatic carbocycles. The van der Waals surface area contributed by atoms with E-state index in [0.29, 0.717) is 0 Å². The Hall–Kier alpha value is -3.35. The Labute approximate surface area is 192 Å². The molecule has 1 aliphatic rings. The highest BCUT2D eigenvalue weighted by Crippen LogP contribution is 2.41. The van der Waals surface area contributed by atoms with Crippen molar-refractivity contribution in [1.82, 2.24) is 9.47 Å². The van der Waals surface area contributed by atoms with Crippen molar-refractivity contribution in [3.8, 4) is 0 Å². The summed E-state index contributed by atoms with van der Waals surface area (Å²) < 4.78 is 21.3. The van der Waals surface area contributed by atoms with Crippen LogP contribution in [-0.2, 0) is 22.7 Å². The molecule has 0 saturated heterocycles. The molecule has 1 heterocycles. The Morgan fingerprint density at radius 3 is 2.48 bits per heavy atom. The van der Waals surface area contributed by atoms with Crippen LogP contribution in [0, 0.1) is 12.7 Å². The number of hydrogen-bond donors (Lipinski definition) is 1. The molecule has 3 aromatic rings. The number of aromatic nitrogens is 1. The predicted octanol–water partition coefficient (Wildman–Crippen LogP) is 5.47. The van der Waals surface area contributed by atoms with Gasteiger partial charge in [0.05, 0.1) is 0 Å². The lowest BCUT2D eigenvalue weighted by atomic mass is 9.80. The van der Waals surface area contributed by atoms with Crippen LogP contribution in [0.2, 0.25) is 0 Å². The second-order valence-corrected chi connectivity index (χ2v) is 8.80. The van der Waals surface area contributed by atoms with Crippen molar-refractivity contribution in [1.29, 1.82) is 0 Å². The summed E-state index contributed by atoms with van der Waals surface area (Å²) in [6.45, 7) is 2.00. The number of carboxylic acids is 1. The first-order valence-corrected chi connectivity index (χ1v) is 11.3. The standard InChI is InChI=1S/C26H29FN2O4/c1-17-25(22-14-20(27)10-13-23(22)29(17)15-24(30)31)19-8-11-21(12-9-19)28(2)26(32)33-16-18-6-4-3-5-7-18/h3-7,10,13-14,19,21H,8-9,11-12,15-16H2,1-2H3,(H,30,31). The fourth-order valence-electron chi connectivity index (χ4n) is 5.06. The first kappa shape index (κ1) is 22.8. The van der Waals surface area contributed by atoms with Gasteiger partial charge in [-0.1, -0.05) is 30.3 Å². The quantitative estimate of drug-likeness (QED) is 0.538. The summed E-state index contributed by atoms with van der Waals surface area (Å²) in [5.74, 6) is -1.06. The molecule has 0 atom stereocenters. The first-order chi connectivity index (χ1) is 15.8. The van der Waals surface area contributed by atoms with Gasteiger partial charge in [0, 0.05) is 29.7 Å². The number of fused-ring (bicyclic) bond motifs is 1. The Bertz CT molecular complexity index is 1150. The molecule has 0 aliphatic heterocycles. The van der Waals surface area contributed by atoms with E-state index in [9.17, 15) is 19.1 Å². The van der Waals surface area contributed by atoms with Crippen LogP contribution in [0.15, 0.2) is 48.5 Å². The lowest BCUT2D eigenvalue weighted by Gasteiger charge is -2.34. The summed E-state index contributed by atoms with van der Waals surface area (Å²) in [4.78, 5) is 25.6. The minimum atomic E-state index is -0.926. The average molecular weight is 453 g/mol. The lowest BCUT2D eigenvalue weighted by Crippen LogP contribution is -2.39. The van der Waals surface area contributed by atoms with Gasteiger partial charge in [0.25, 0.3) is 0 Å². The predicted molar refractivity (Wildman–Crippen MR) is 124 cm³/mol. The molecular formula is C26H29FN2O4. The zero-order valence-electron chi connectivity index (χ0n) is 19.0. The minimum Gasteiger partial charge on any atom is -0.480 e. The molecule has 174 valence electrons. The van der Waals surface area contributed by atoms with Crippen LogP contribution >= 0.6 is 0 Å². The van der Waals surface area contributed by atoms with E-state index in [-0.39, 0.29) is 37.0 Å².